The Morgan fingerprint density at radius 1 is 1.25 bits per heavy atom. The number of rotatable bonds is 8. The Balaban J connectivity index is 1.76. The molecule has 148 valence electrons. The van der Waals surface area contributed by atoms with Gasteiger partial charge in [0.05, 0.1) is 50.4 Å². The van der Waals surface area contributed by atoms with Crippen LogP contribution in [-0.4, -0.2) is 44.7 Å². The fourth-order valence-electron chi connectivity index (χ4n) is 2.83. The van der Waals surface area contributed by atoms with E-state index in [0.29, 0.717) is 29.7 Å². The third-order valence-corrected chi connectivity index (χ3v) is 5.58. The third-order valence-electron chi connectivity index (χ3n) is 4.33. The molecule has 2 aromatic carbocycles. The van der Waals surface area contributed by atoms with Gasteiger partial charge in [0.1, 0.15) is 5.75 Å². The number of hydrogen-bond acceptors (Lipinski definition) is 4. The number of likely N-dealkylation sites (N-methyl/N-ethyl adjacent to an activating group) is 1. The van der Waals surface area contributed by atoms with E-state index in [0.717, 1.165) is 28.1 Å². The highest BCUT2D eigenvalue weighted by molar-refractivity contribution is 7.22. The lowest BCUT2D eigenvalue weighted by Crippen LogP contribution is -3.06. The number of anilines is 1. The first-order valence-corrected chi connectivity index (χ1v) is 10.5. The number of quaternary nitrogens is 1. The highest BCUT2D eigenvalue weighted by Crippen LogP contribution is 2.33. The van der Waals surface area contributed by atoms with Crippen molar-refractivity contribution in [2.75, 3.05) is 38.7 Å². The summed E-state index contributed by atoms with van der Waals surface area (Å²) in [5, 5.41) is 1.40. The molecule has 0 aliphatic rings. The second-order valence-corrected chi connectivity index (χ2v) is 8.43. The SMILES string of the molecule is Cc1cc(Cl)cc2sc(N(CC[NH+](C)C)C(=O)CCOc3ccccc3)nc12. The zero-order valence-corrected chi connectivity index (χ0v) is 17.9. The number of ether oxygens (including phenoxy) is 1. The highest BCUT2D eigenvalue weighted by Gasteiger charge is 2.21. The average molecular weight is 419 g/mol. The summed E-state index contributed by atoms with van der Waals surface area (Å²) in [6.45, 7) is 3.77. The fourth-order valence-corrected chi connectivity index (χ4v) is 4.29. The molecule has 1 aromatic heterocycles. The minimum Gasteiger partial charge on any atom is -0.493 e. The molecule has 0 bridgehead atoms. The Labute approximate surface area is 174 Å². The molecule has 0 radical (unpaired) electrons. The Morgan fingerprint density at radius 2 is 2.00 bits per heavy atom. The summed E-state index contributed by atoms with van der Waals surface area (Å²) in [4.78, 5) is 20.7. The number of hydrogen-bond donors (Lipinski definition) is 1. The van der Waals surface area contributed by atoms with Crippen LogP contribution in [-0.2, 0) is 4.79 Å². The van der Waals surface area contributed by atoms with E-state index in [4.69, 9.17) is 21.3 Å². The molecule has 3 aromatic rings. The fraction of sp³-hybridized carbons (Fsp3) is 0.333. The topological polar surface area (TPSA) is 46.9 Å². The number of halogens is 1. The Hall–Kier alpha value is -2.15. The molecular weight excluding hydrogens is 394 g/mol. The van der Waals surface area contributed by atoms with Crippen LogP contribution in [0.2, 0.25) is 5.02 Å². The van der Waals surface area contributed by atoms with E-state index in [-0.39, 0.29) is 5.91 Å². The lowest BCUT2D eigenvalue weighted by Gasteiger charge is -2.20. The molecule has 28 heavy (non-hydrogen) atoms. The quantitative estimate of drug-likeness (QED) is 0.611. The Kier molecular flexibility index (Phi) is 6.88. The molecule has 0 aliphatic carbocycles. The Bertz CT molecular complexity index is 943. The van der Waals surface area contributed by atoms with Crippen LogP contribution in [0.1, 0.15) is 12.0 Å². The number of thiazole rings is 1. The van der Waals surface area contributed by atoms with E-state index in [2.05, 4.69) is 14.1 Å². The minimum absolute atomic E-state index is 0.0139. The zero-order chi connectivity index (χ0) is 20.1. The van der Waals surface area contributed by atoms with Gasteiger partial charge in [-0.25, -0.2) is 4.98 Å². The first-order chi connectivity index (χ1) is 13.4. The molecule has 0 aliphatic heterocycles. The maximum atomic E-state index is 13.0. The number of nitrogens with zero attached hydrogens (tertiary/aromatic N) is 2. The van der Waals surface area contributed by atoms with Gasteiger partial charge in [-0.2, -0.15) is 0 Å². The molecule has 0 atom stereocenters. The van der Waals surface area contributed by atoms with Crippen molar-refractivity contribution in [2.24, 2.45) is 0 Å². The minimum atomic E-state index is 0.0139. The molecular formula is C21H25ClN3O2S+. The smallest absolute Gasteiger partial charge is 0.232 e. The van der Waals surface area contributed by atoms with Crippen molar-refractivity contribution in [3.63, 3.8) is 0 Å². The molecule has 0 saturated heterocycles. The van der Waals surface area contributed by atoms with Gasteiger partial charge in [0, 0.05) is 5.02 Å². The van der Waals surface area contributed by atoms with Crippen LogP contribution in [0.4, 0.5) is 5.13 Å². The molecule has 1 heterocycles. The van der Waals surface area contributed by atoms with Gasteiger partial charge in [0.2, 0.25) is 5.91 Å². The summed E-state index contributed by atoms with van der Waals surface area (Å²) >= 11 is 7.69. The van der Waals surface area contributed by atoms with E-state index < -0.39 is 0 Å². The van der Waals surface area contributed by atoms with Crippen molar-refractivity contribution < 1.29 is 14.4 Å². The van der Waals surface area contributed by atoms with E-state index in [9.17, 15) is 4.79 Å². The molecule has 1 amide bonds. The summed E-state index contributed by atoms with van der Waals surface area (Å²) in [5.41, 5.74) is 1.92. The molecule has 0 saturated carbocycles. The van der Waals surface area contributed by atoms with E-state index >= 15 is 0 Å². The maximum Gasteiger partial charge on any atom is 0.232 e. The summed E-state index contributed by atoms with van der Waals surface area (Å²) in [6, 6.07) is 13.3. The Morgan fingerprint density at radius 3 is 2.71 bits per heavy atom. The molecule has 0 fully saturated rings. The van der Waals surface area contributed by atoms with Crippen LogP contribution >= 0.6 is 22.9 Å². The van der Waals surface area contributed by atoms with E-state index in [1.165, 1.54) is 16.2 Å². The van der Waals surface area contributed by atoms with Gasteiger partial charge in [0.25, 0.3) is 0 Å². The normalized spacial score (nSPS) is 11.2. The van der Waals surface area contributed by atoms with Crippen molar-refractivity contribution in [1.82, 2.24) is 4.98 Å². The van der Waals surface area contributed by atoms with Gasteiger partial charge >= 0.3 is 0 Å². The van der Waals surface area contributed by atoms with Crippen LogP contribution in [0.15, 0.2) is 42.5 Å². The zero-order valence-electron chi connectivity index (χ0n) is 16.4. The number of aryl methyl sites for hydroxylation is 1. The number of para-hydroxylation sites is 1. The number of fused-ring (bicyclic) bond motifs is 1. The molecule has 5 nitrogen and oxygen atoms in total. The summed E-state index contributed by atoms with van der Waals surface area (Å²) in [6.07, 6.45) is 0.299. The second kappa shape index (κ2) is 9.37. The van der Waals surface area contributed by atoms with Crippen molar-refractivity contribution in [3.05, 3.63) is 53.1 Å². The van der Waals surface area contributed by atoms with Crippen molar-refractivity contribution in [3.8, 4) is 5.75 Å². The van der Waals surface area contributed by atoms with Gasteiger partial charge in [-0.1, -0.05) is 41.1 Å². The lowest BCUT2D eigenvalue weighted by molar-refractivity contribution is -0.856. The molecule has 0 spiro atoms. The standard InChI is InChI=1S/C21H24ClN3O2S/c1-15-13-16(22)14-18-20(15)23-21(28-18)25(11-10-24(2)3)19(26)9-12-27-17-7-5-4-6-8-17/h4-8,13-14H,9-12H2,1-3H3/p+1. The summed E-state index contributed by atoms with van der Waals surface area (Å²) in [5.74, 6) is 0.782. The van der Waals surface area contributed by atoms with E-state index in [1.807, 2.05) is 49.4 Å². The van der Waals surface area contributed by atoms with Crippen LogP contribution in [0.5, 0.6) is 5.75 Å². The van der Waals surface area contributed by atoms with Crippen LogP contribution in [0.25, 0.3) is 10.2 Å². The molecule has 7 heteroatoms. The van der Waals surface area contributed by atoms with Crippen molar-refractivity contribution >= 4 is 44.2 Å². The molecule has 1 N–H and O–H groups in total. The summed E-state index contributed by atoms with van der Waals surface area (Å²) < 4.78 is 6.69. The van der Waals surface area contributed by atoms with Crippen LogP contribution < -0.4 is 14.5 Å². The predicted octanol–water partition coefficient (Wildman–Crippen LogP) is 3.20. The number of nitrogens with one attached hydrogen (secondary N) is 1. The predicted molar refractivity (Wildman–Crippen MR) is 116 cm³/mol. The number of carbonyl (C=O) groups is 1. The van der Waals surface area contributed by atoms with Gasteiger partial charge < -0.3 is 9.64 Å². The third kappa shape index (κ3) is 5.22. The highest BCUT2D eigenvalue weighted by atomic mass is 35.5. The number of aromatic nitrogens is 1. The van der Waals surface area contributed by atoms with Crippen molar-refractivity contribution in [2.45, 2.75) is 13.3 Å². The van der Waals surface area contributed by atoms with Crippen LogP contribution in [0.3, 0.4) is 0 Å². The van der Waals surface area contributed by atoms with Gasteiger partial charge in [0.15, 0.2) is 5.13 Å². The number of amides is 1. The average Bonchev–Trinajstić information content (AvgIpc) is 3.06. The first-order valence-electron chi connectivity index (χ1n) is 9.28. The largest absolute Gasteiger partial charge is 0.493 e. The molecule has 0 unspecified atom stereocenters. The van der Waals surface area contributed by atoms with Gasteiger partial charge in [-0.3, -0.25) is 9.69 Å². The van der Waals surface area contributed by atoms with E-state index in [1.54, 1.807) is 4.90 Å². The van der Waals surface area contributed by atoms with Crippen molar-refractivity contribution in [1.29, 1.82) is 0 Å². The molecule has 3 rings (SSSR count). The monoisotopic (exact) mass is 418 g/mol. The van der Waals surface area contributed by atoms with Crippen LogP contribution in [0, 0.1) is 6.92 Å². The second-order valence-electron chi connectivity index (χ2n) is 6.98. The van der Waals surface area contributed by atoms with Gasteiger partial charge in [-0.15, -0.1) is 0 Å². The lowest BCUT2D eigenvalue weighted by atomic mass is 10.2. The number of benzene rings is 2. The number of carbonyl (C=O) groups excluding carboxylic acids is 1. The first kappa shape index (κ1) is 20.6. The maximum absolute atomic E-state index is 13.0. The van der Waals surface area contributed by atoms with Gasteiger partial charge in [-0.05, 0) is 36.8 Å². The summed E-state index contributed by atoms with van der Waals surface area (Å²) in [7, 11) is 4.15.